The van der Waals surface area contributed by atoms with Crippen molar-refractivity contribution in [3.05, 3.63) is 82.0 Å². The molecule has 0 saturated heterocycles. The minimum Gasteiger partial charge on any atom is -0.390 e. The van der Waals surface area contributed by atoms with Crippen molar-refractivity contribution < 1.29 is 0 Å². The van der Waals surface area contributed by atoms with Crippen LogP contribution in [-0.2, 0) is 13.0 Å². The fourth-order valence-electron chi connectivity index (χ4n) is 2.33. The predicted octanol–water partition coefficient (Wildman–Crippen LogP) is 4.80. The third-order valence-electron chi connectivity index (χ3n) is 3.65. The summed E-state index contributed by atoms with van der Waals surface area (Å²) < 4.78 is 0.935. The van der Waals surface area contributed by atoms with Gasteiger partial charge in [0, 0.05) is 30.6 Å². The van der Waals surface area contributed by atoms with E-state index in [0.717, 1.165) is 22.9 Å². The van der Waals surface area contributed by atoms with Crippen LogP contribution in [0.5, 0.6) is 0 Å². The molecule has 1 aromatic heterocycles. The van der Waals surface area contributed by atoms with Crippen molar-refractivity contribution in [3.8, 4) is 0 Å². The van der Waals surface area contributed by atoms with Gasteiger partial charge in [0.25, 0.3) is 0 Å². The molecule has 0 saturated carbocycles. The summed E-state index contributed by atoms with van der Waals surface area (Å²) in [5.41, 5.74) is 7.60. The highest BCUT2D eigenvalue weighted by molar-refractivity contribution is 7.16. The monoisotopic (exact) mass is 402 g/mol. The first kappa shape index (κ1) is 22.8. The minimum atomic E-state index is 0.651. The maximum atomic E-state index is 5.90. The van der Waals surface area contributed by atoms with Crippen molar-refractivity contribution in [1.82, 2.24) is 4.90 Å². The molecule has 27 heavy (non-hydrogen) atoms. The van der Waals surface area contributed by atoms with Gasteiger partial charge in [0.2, 0.25) is 0 Å². The number of fused-ring (bicyclic) bond motifs is 1. The van der Waals surface area contributed by atoms with Gasteiger partial charge >= 0.3 is 0 Å². The van der Waals surface area contributed by atoms with Crippen LogP contribution in [0, 0.1) is 0 Å². The Morgan fingerprint density at radius 3 is 2.48 bits per heavy atom. The molecule has 0 fully saturated rings. The highest BCUT2D eigenvalue weighted by Gasteiger charge is 2.15. The lowest BCUT2D eigenvalue weighted by Gasteiger charge is -2.21. The zero-order valence-electron chi connectivity index (χ0n) is 15.9. The molecule has 1 aliphatic rings. The molecule has 144 valence electrons. The van der Waals surface area contributed by atoms with Gasteiger partial charge in [0.05, 0.1) is 10.7 Å². The molecule has 0 amide bonds. The van der Waals surface area contributed by atoms with Gasteiger partial charge < -0.3 is 10.6 Å². The molecule has 0 spiro atoms. The number of nitrogens with two attached hydrogens (primary N) is 1. The summed E-state index contributed by atoms with van der Waals surface area (Å²) >= 11 is 7.62. The molecule has 4 nitrogen and oxygen atoms in total. The van der Waals surface area contributed by atoms with Crippen LogP contribution in [-0.4, -0.2) is 37.7 Å². The molecular weight excluding hydrogens is 376 g/mol. The number of thiophene rings is 1. The number of amidine groups is 1. The summed E-state index contributed by atoms with van der Waals surface area (Å²) in [6.07, 6.45) is 5.68. The Balaban J connectivity index is 0.000000227. The first-order valence-electron chi connectivity index (χ1n) is 8.51. The van der Waals surface area contributed by atoms with E-state index in [4.69, 9.17) is 17.3 Å². The second-order valence-electron chi connectivity index (χ2n) is 5.65. The Morgan fingerprint density at radius 2 is 1.93 bits per heavy atom. The van der Waals surface area contributed by atoms with E-state index < -0.39 is 0 Å². The summed E-state index contributed by atoms with van der Waals surface area (Å²) in [7, 11) is 3.84. The van der Waals surface area contributed by atoms with Crippen LogP contribution < -0.4 is 5.73 Å². The molecule has 2 heterocycles. The van der Waals surface area contributed by atoms with Crippen LogP contribution in [0.2, 0.25) is 4.34 Å². The highest BCUT2D eigenvalue weighted by atomic mass is 35.5. The topological polar surface area (TPSA) is 54.0 Å². The average Bonchev–Trinajstić information content (AvgIpc) is 3.06. The smallest absolute Gasteiger partial charge is 0.155 e. The van der Waals surface area contributed by atoms with E-state index in [2.05, 4.69) is 41.2 Å². The molecule has 0 unspecified atom stereocenters. The third-order valence-corrected chi connectivity index (χ3v) is 4.94. The number of hydrogen-bond donors (Lipinski definition) is 1. The standard InChI is InChI=1S/C9H11N3.C8H10ClNS.C4H6/c1-11-9(12-7-10)8-5-3-2-4-6-8;1-10-3-2-6-4-8(9)11-7(6)5-10;1-3-4-2/h2-7H,1H3,(H2,10,11,12);4H,2-3,5H2,1H3;3-4H,1-2H2. The number of benzene rings is 1. The van der Waals surface area contributed by atoms with Gasteiger partial charge in [0.15, 0.2) is 5.84 Å². The molecule has 0 aliphatic carbocycles. The molecule has 3 rings (SSSR count). The van der Waals surface area contributed by atoms with E-state index in [-0.39, 0.29) is 0 Å². The fourth-order valence-corrected chi connectivity index (χ4v) is 3.75. The summed E-state index contributed by atoms with van der Waals surface area (Å²) in [6, 6.07) is 11.8. The van der Waals surface area contributed by atoms with Gasteiger partial charge in [-0.1, -0.05) is 67.2 Å². The van der Waals surface area contributed by atoms with Gasteiger partial charge in [0.1, 0.15) is 0 Å². The van der Waals surface area contributed by atoms with E-state index in [9.17, 15) is 0 Å². The molecule has 6 heteroatoms. The van der Waals surface area contributed by atoms with E-state index in [1.54, 1.807) is 30.5 Å². The van der Waals surface area contributed by atoms with Crippen molar-refractivity contribution >= 4 is 35.1 Å². The number of likely N-dealkylation sites (N-methyl/N-ethyl adjacent to an activating group) is 1. The van der Waals surface area contributed by atoms with Crippen molar-refractivity contribution in [2.24, 2.45) is 15.7 Å². The van der Waals surface area contributed by atoms with Crippen LogP contribution in [0.25, 0.3) is 0 Å². The largest absolute Gasteiger partial charge is 0.390 e. The molecule has 2 N–H and O–H groups in total. The second kappa shape index (κ2) is 13.0. The average molecular weight is 403 g/mol. The van der Waals surface area contributed by atoms with Crippen LogP contribution in [0.4, 0.5) is 0 Å². The quantitative estimate of drug-likeness (QED) is 0.445. The Bertz CT molecular complexity index is 760. The van der Waals surface area contributed by atoms with E-state index in [1.807, 2.05) is 30.3 Å². The summed E-state index contributed by atoms with van der Waals surface area (Å²) in [4.78, 5) is 11.7. The molecule has 0 atom stereocenters. The van der Waals surface area contributed by atoms with Crippen LogP contribution in [0.15, 0.2) is 71.7 Å². The van der Waals surface area contributed by atoms with Gasteiger partial charge in [-0.15, -0.1) is 11.3 Å². The Morgan fingerprint density at radius 1 is 1.26 bits per heavy atom. The van der Waals surface area contributed by atoms with Gasteiger partial charge in [-0.05, 0) is 25.1 Å². The Kier molecular flexibility index (Phi) is 11.0. The lowest BCUT2D eigenvalue weighted by atomic mass is 10.1. The number of aliphatic imine (C=N–C) groups is 2. The fraction of sp³-hybridized carbons (Fsp3) is 0.238. The van der Waals surface area contributed by atoms with Crippen LogP contribution >= 0.6 is 22.9 Å². The zero-order chi connectivity index (χ0) is 20.1. The Labute approximate surface area is 171 Å². The lowest BCUT2D eigenvalue weighted by molar-refractivity contribution is 0.317. The van der Waals surface area contributed by atoms with Crippen molar-refractivity contribution in [2.45, 2.75) is 13.0 Å². The van der Waals surface area contributed by atoms with Gasteiger partial charge in [-0.2, -0.15) is 0 Å². The maximum Gasteiger partial charge on any atom is 0.155 e. The molecule has 0 bridgehead atoms. The van der Waals surface area contributed by atoms with Crippen molar-refractivity contribution in [2.75, 3.05) is 20.6 Å². The summed E-state index contributed by atoms with van der Waals surface area (Å²) in [5.74, 6) is 0.651. The molecule has 1 aliphatic heterocycles. The lowest BCUT2D eigenvalue weighted by Crippen LogP contribution is -2.24. The normalized spacial score (nSPS) is 13.7. The number of nitrogens with zero attached hydrogens (tertiary/aromatic N) is 3. The maximum absolute atomic E-state index is 5.90. The van der Waals surface area contributed by atoms with Crippen molar-refractivity contribution in [3.63, 3.8) is 0 Å². The first-order valence-corrected chi connectivity index (χ1v) is 9.70. The van der Waals surface area contributed by atoms with Gasteiger partial charge in [-0.25, -0.2) is 4.99 Å². The highest BCUT2D eigenvalue weighted by Crippen LogP contribution is 2.30. The van der Waals surface area contributed by atoms with E-state index in [1.165, 1.54) is 23.3 Å². The van der Waals surface area contributed by atoms with Crippen LogP contribution in [0.3, 0.4) is 0 Å². The zero-order valence-corrected chi connectivity index (χ0v) is 17.5. The predicted molar refractivity (Wildman–Crippen MR) is 121 cm³/mol. The SMILES string of the molecule is C=CC=C.CN1CCc2cc(Cl)sc2C1.CN=C(N=CN)c1ccccc1. The third kappa shape index (κ3) is 8.35. The summed E-state index contributed by atoms with van der Waals surface area (Å²) in [5, 5.41) is 0. The van der Waals surface area contributed by atoms with Crippen molar-refractivity contribution in [1.29, 1.82) is 0 Å². The number of allylic oxidation sites excluding steroid dienone is 2. The van der Waals surface area contributed by atoms with Gasteiger partial charge in [-0.3, -0.25) is 4.99 Å². The number of halogens is 1. The number of rotatable bonds is 2. The molecule has 2 aromatic rings. The molecule has 0 radical (unpaired) electrons. The van der Waals surface area contributed by atoms with E-state index in [0.29, 0.717) is 5.84 Å². The van der Waals surface area contributed by atoms with Crippen LogP contribution in [0.1, 0.15) is 16.0 Å². The second-order valence-corrected chi connectivity index (χ2v) is 7.42. The Hall–Kier alpha value is -2.21. The minimum absolute atomic E-state index is 0.651. The molecule has 1 aromatic carbocycles. The summed E-state index contributed by atoms with van der Waals surface area (Å²) in [6.45, 7) is 8.97. The molecular formula is C21H27ClN4S. The first-order chi connectivity index (χ1) is 13.0. The van der Waals surface area contributed by atoms with E-state index >= 15 is 0 Å². The number of hydrogen-bond acceptors (Lipinski definition) is 3.